The van der Waals surface area contributed by atoms with Gasteiger partial charge in [-0.3, -0.25) is 9.69 Å². The SMILES string of the molecule is O=C(Cc1ccc(C(=O)O)cc1)N[C@H](c1ccccc1)N1CCCCC1. The number of carbonyl (C=O) groups excluding carboxylic acids is 1. The largest absolute Gasteiger partial charge is 0.478 e. The number of nitrogens with one attached hydrogen (secondary N) is 1. The molecule has 1 aliphatic rings. The third kappa shape index (κ3) is 4.70. The summed E-state index contributed by atoms with van der Waals surface area (Å²) in [6.07, 6.45) is 3.65. The number of amides is 1. The van der Waals surface area contributed by atoms with Crippen molar-refractivity contribution in [3.8, 4) is 0 Å². The van der Waals surface area contributed by atoms with Crippen LogP contribution in [0.1, 0.15) is 46.9 Å². The van der Waals surface area contributed by atoms with Crippen LogP contribution < -0.4 is 5.32 Å². The molecule has 26 heavy (non-hydrogen) atoms. The fraction of sp³-hybridized carbons (Fsp3) is 0.333. The first-order valence-corrected chi connectivity index (χ1v) is 9.04. The minimum absolute atomic E-state index is 0.0625. The standard InChI is InChI=1S/C21H24N2O3/c24-19(15-16-9-11-18(12-10-16)21(25)26)22-20(17-7-3-1-4-8-17)23-13-5-2-6-14-23/h1,3-4,7-12,20H,2,5-6,13-15H2,(H,22,24)(H,25,26)/t20-/m0/s1. The van der Waals surface area contributed by atoms with Gasteiger partial charge in [-0.1, -0.05) is 48.9 Å². The van der Waals surface area contributed by atoms with Crippen molar-refractivity contribution < 1.29 is 14.7 Å². The smallest absolute Gasteiger partial charge is 0.335 e. The number of carboxylic acid groups (broad SMARTS) is 1. The molecule has 3 rings (SSSR count). The molecule has 0 radical (unpaired) electrons. The molecule has 136 valence electrons. The van der Waals surface area contributed by atoms with Crippen molar-refractivity contribution in [2.24, 2.45) is 0 Å². The Morgan fingerprint density at radius 2 is 1.62 bits per heavy atom. The lowest BCUT2D eigenvalue weighted by molar-refractivity contribution is -0.122. The zero-order valence-electron chi connectivity index (χ0n) is 14.7. The van der Waals surface area contributed by atoms with Gasteiger partial charge in [0.2, 0.25) is 5.91 Å². The lowest BCUT2D eigenvalue weighted by Crippen LogP contribution is -2.44. The van der Waals surface area contributed by atoms with Crippen LogP contribution in [-0.4, -0.2) is 35.0 Å². The number of carbonyl (C=O) groups is 2. The first-order valence-electron chi connectivity index (χ1n) is 9.04. The van der Waals surface area contributed by atoms with Crippen molar-refractivity contribution >= 4 is 11.9 Å². The number of carboxylic acids is 1. The highest BCUT2D eigenvalue weighted by Gasteiger charge is 2.23. The Labute approximate surface area is 153 Å². The van der Waals surface area contributed by atoms with E-state index in [0.29, 0.717) is 0 Å². The lowest BCUT2D eigenvalue weighted by atomic mass is 10.1. The maximum absolute atomic E-state index is 12.6. The number of benzene rings is 2. The fourth-order valence-corrected chi connectivity index (χ4v) is 3.35. The van der Waals surface area contributed by atoms with Crippen molar-refractivity contribution in [1.29, 1.82) is 0 Å². The van der Waals surface area contributed by atoms with Crippen LogP contribution in [0.25, 0.3) is 0 Å². The van der Waals surface area contributed by atoms with Crippen molar-refractivity contribution in [1.82, 2.24) is 10.2 Å². The van der Waals surface area contributed by atoms with E-state index in [2.05, 4.69) is 10.2 Å². The van der Waals surface area contributed by atoms with E-state index in [0.717, 1.165) is 37.1 Å². The Hall–Kier alpha value is -2.66. The predicted molar refractivity (Wildman–Crippen MR) is 99.9 cm³/mol. The van der Waals surface area contributed by atoms with E-state index in [1.54, 1.807) is 12.1 Å². The normalized spacial score (nSPS) is 16.0. The predicted octanol–water partition coefficient (Wildman–Crippen LogP) is 3.23. The van der Waals surface area contributed by atoms with Gasteiger partial charge in [0.15, 0.2) is 0 Å². The number of likely N-dealkylation sites (tertiary alicyclic amines) is 1. The molecule has 2 aromatic carbocycles. The van der Waals surface area contributed by atoms with Gasteiger partial charge in [0.1, 0.15) is 6.17 Å². The van der Waals surface area contributed by atoms with Gasteiger partial charge in [0.05, 0.1) is 12.0 Å². The molecule has 1 atom stereocenters. The second kappa shape index (κ2) is 8.63. The Balaban J connectivity index is 1.69. The highest BCUT2D eigenvalue weighted by molar-refractivity contribution is 5.87. The Kier molecular flexibility index (Phi) is 6.02. The molecule has 2 N–H and O–H groups in total. The summed E-state index contributed by atoms with van der Waals surface area (Å²) in [5.41, 5.74) is 2.12. The number of rotatable bonds is 6. The number of aromatic carboxylic acids is 1. The molecule has 5 nitrogen and oxygen atoms in total. The summed E-state index contributed by atoms with van der Waals surface area (Å²) < 4.78 is 0. The molecule has 0 spiro atoms. The maximum Gasteiger partial charge on any atom is 0.335 e. The minimum atomic E-state index is -0.963. The van der Waals surface area contributed by atoms with Gasteiger partial charge in [0, 0.05) is 13.1 Å². The van der Waals surface area contributed by atoms with E-state index >= 15 is 0 Å². The highest BCUT2D eigenvalue weighted by Crippen LogP contribution is 2.22. The Morgan fingerprint density at radius 1 is 0.962 bits per heavy atom. The average Bonchev–Trinajstić information content (AvgIpc) is 2.68. The van der Waals surface area contributed by atoms with Crippen molar-refractivity contribution in [3.05, 3.63) is 71.3 Å². The van der Waals surface area contributed by atoms with Crippen LogP contribution in [0.4, 0.5) is 0 Å². The van der Waals surface area contributed by atoms with Crippen LogP contribution in [0.15, 0.2) is 54.6 Å². The van der Waals surface area contributed by atoms with Crippen molar-refractivity contribution in [3.63, 3.8) is 0 Å². The second-order valence-electron chi connectivity index (χ2n) is 6.66. The summed E-state index contributed by atoms with van der Waals surface area (Å²) in [4.78, 5) is 25.9. The van der Waals surface area contributed by atoms with E-state index in [4.69, 9.17) is 5.11 Å². The highest BCUT2D eigenvalue weighted by atomic mass is 16.4. The van der Waals surface area contributed by atoms with Crippen LogP contribution >= 0.6 is 0 Å². The molecule has 1 aliphatic heterocycles. The first kappa shape index (κ1) is 18.1. The minimum Gasteiger partial charge on any atom is -0.478 e. The van der Waals surface area contributed by atoms with E-state index in [1.807, 2.05) is 30.3 Å². The number of hydrogen-bond acceptors (Lipinski definition) is 3. The summed E-state index contributed by atoms with van der Waals surface area (Å²) in [6, 6.07) is 16.5. The van der Waals surface area contributed by atoms with Crippen LogP contribution in [0, 0.1) is 0 Å². The molecule has 1 amide bonds. The molecule has 0 aromatic heterocycles. The Bertz CT molecular complexity index is 738. The molecule has 2 aromatic rings. The molecule has 0 saturated carbocycles. The van der Waals surface area contributed by atoms with Gasteiger partial charge in [-0.15, -0.1) is 0 Å². The molecule has 0 unspecified atom stereocenters. The molecular weight excluding hydrogens is 328 g/mol. The van der Waals surface area contributed by atoms with Gasteiger partial charge >= 0.3 is 5.97 Å². The van der Waals surface area contributed by atoms with Gasteiger partial charge in [-0.25, -0.2) is 4.79 Å². The van der Waals surface area contributed by atoms with Crippen molar-refractivity contribution in [2.45, 2.75) is 31.8 Å². The second-order valence-corrected chi connectivity index (χ2v) is 6.66. The first-order chi connectivity index (χ1) is 12.6. The number of nitrogens with zero attached hydrogens (tertiary/aromatic N) is 1. The van der Waals surface area contributed by atoms with Gasteiger partial charge < -0.3 is 10.4 Å². The quantitative estimate of drug-likeness (QED) is 0.837. The molecule has 1 heterocycles. The number of hydrogen-bond donors (Lipinski definition) is 2. The fourth-order valence-electron chi connectivity index (χ4n) is 3.35. The van der Waals surface area contributed by atoms with Crippen LogP contribution in [0.2, 0.25) is 0 Å². The molecular formula is C21H24N2O3. The summed E-state index contributed by atoms with van der Waals surface area (Å²) in [6.45, 7) is 1.96. The van der Waals surface area contributed by atoms with Crippen LogP contribution in [0.5, 0.6) is 0 Å². The summed E-state index contributed by atoms with van der Waals surface area (Å²) >= 11 is 0. The molecule has 0 aliphatic carbocycles. The van der Waals surface area contributed by atoms with Gasteiger partial charge in [0.25, 0.3) is 0 Å². The summed E-state index contributed by atoms with van der Waals surface area (Å²) in [5.74, 6) is -1.03. The van der Waals surface area contributed by atoms with Crippen LogP contribution in [0.3, 0.4) is 0 Å². The van der Waals surface area contributed by atoms with Gasteiger partial charge in [-0.05, 0) is 36.1 Å². The Morgan fingerprint density at radius 3 is 2.23 bits per heavy atom. The monoisotopic (exact) mass is 352 g/mol. The molecule has 1 saturated heterocycles. The zero-order chi connectivity index (χ0) is 18.4. The van der Waals surface area contributed by atoms with E-state index in [1.165, 1.54) is 18.6 Å². The molecule has 5 heteroatoms. The van der Waals surface area contributed by atoms with E-state index in [-0.39, 0.29) is 24.1 Å². The summed E-state index contributed by atoms with van der Waals surface area (Å²) in [5, 5.41) is 12.1. The van der Waals surface area contributed by atoms with E-state index in [9.17, 15) is 9.59 Å². The topological polar surface area (TPSA) is 69.6 Å². The van der Waals surface area contributed by atoms with E-state index < -0.39 is 5.97 Å². The average molecular weight is 352 g/mol. The lowest BCUT2D eigenvalue weighted by Gasteiger charge is -2.35. The third-order valence-electron chi connectivity index (χ3n) is 4.73. The number of piperidine rings is 1. The van der Waals surface area contributed by atoms with Crippen molar-refractivity contribution in [2.75, 3.05) is 13.1 Å². The zero-order valence-corrected chi connectivity index (χ0v) is 14.7. The maximum atomic E-state index is 12.6. The summed E-state index contributed by atoms with van der Waals surface area (Å²) in [7, 11) is 0. The van der Waals surface area contributed by atoms with Crippen LogP contribution in [-0.2, 0) is 11.2 Å². The molecule has 1 fully saturated rings. The third-order valence-corrected chi connectivity index (χ3v) is 4.73. The van der Waals surface area contributed by atoms with Gasteiger partial charge in [-0.2, -0.15) is 0 Å². The molecule has 0 bridgehead atoms.